The van der Waals surface area contributed by atoms with Crippen LogP contribution in [0, 0.1) is 5.92 Å². The summed E-state index contributed by atoms with van der Waals surface area (Å²) in [5, 5.41) is 0.725. The van der Waals surface area contributed by atoms with Gasteiger partial charge in [0.25, 0.3) is 0 Å². The Morgan fingerprint density at radius 2 is 1.84 bits per heavy atom. The number of nitrogens with zero attached hydrogens (tertiary/aromatic N) is 1. The Labute approximate surface area is 188 Å². The molecule has 0 amide bonds. The molecule has 2 aliphatic carbocycles. The molecule has 0 spiro atoms. The standard InChI is InChI=1S/C28H24ClNO/c1-19(26-11-4-5-18-30-26)27(31)16-17-28(20-12-14-21(29)15-13-20)24-9-3-2-7-22(24)23-8-6-10-25(23)28/h2-15,18-19,25H,16-17H2,1H3. The highest BCUT2D eigenvalue weighted by atomic mass is 35.5. The van der Waals surface area contributed by atoms with Gasteiger partial charge in [-0.25, -0.2) is 0 Å². The molecular weight excluding hydrogens is 402 g/mol. The monoisotopic (exact) mass is 425 g/mol. The maximum absolute atomic E-state index is 13.2. The molecule has 0 saturated carbocycles. The number of Topliss-reactive ketones (excluding diaryl/α,β-unsaturated/α-hetero) is 1. The second-order valence-electron chi connectivity index (χ2n) is 8.45. The Hall–Kier alpha value is -2.97. The number of aromatic nitrogens is 1. The van der Waals surface area contributed by atoms with E-state index in [2.05, 4.69) is 59.6 Å². The molecule has 0 saturated heterocycles. The average molecular weight is 426 g/mol. The fourth-order valence-corrected chi connectivity index (χ4v) is 5.43. The van der Waals surface area contributed by atoms with Crippen molar-refractivity contribution in [1.82, 2.24) is 4.98 Å². The lowest BCUT2D eigenvalue weighted by molar-refractivity contribution is -0.120. The molecule has 31 heavy (non-hydrogen) atoms. The van der Waals surface area contributed by atoms with Crippen molar-refractivity contribution in [2.75, 3.05) is 0 Å². The van der Waals surface area contributed by atoms with Gasteiger partial charge in [0.05, 0.1) is 11.6 Å². The van der Waals surface area contributed by atoms with Crippen molar-refractivity contribution in [3.8, 4) is 0 Å². The van der Waals surface area contributed by atoms with E-state index in [1.165, 1.54) is 22.3 Å². The van der Waals surface area contributed by atoms with Gasteiger partial charge < -0.3 is 0 Å². The van der Waals surface area contributed by atoms with Gasteiger partial charge in [0.1, 0.15) is 5.78 Å². The highest BCUT2D eigenvalue weighted by Crippen LogP contribution is 2.58. The summed E-state index contributed by atoms with van der Waals surface area (Å²) in [6.07, 6.45) is 9.65. The van der Waals surface area contributed by atoms with Crippen LogP contribution in [0.5, 0.6) is 0 Å². The summed E-state index contributed by atoms with van der Waals surface area (Å²) in [5.41, 5.74) is 5.70. The Bertz CT molecular complexity index is 1180. The van der Waals surface area contributed by atoms with Crippen molar-refractivity contribution in [2.45, 2.75) is 31.1 Å². The molecule has 2 aromatic carbocycles. The summed E-state index contributed by atoms with van der Waals surface area (Å²) >= 11 is 6.23. The van der Waals surface area contributed by atoms with E-state index in [1.54, 1.807) is 6.20 Å². The van der Waals surface area contributed by atoms with Crippen LogP contribution >= 0.6 is 11.6 Å². The lowest BCUT2D eigenvalue weighted by Crippen LogP contribution is -2.33. The second kappa shape index (κ2) is 7.94. The first-order valence-corrected chi connectivity index (χ1v) is 11.2. The van der Waals surface area contributed by atoms with Crippen molar-refractivity contribution in [2.24, 2.45) is 5.92 Å². The molecule has 3 aromatic rings. The van der Waals surface area contributed by atoms with Crippen molar-refractivity contribution in [3.63, 3.8) is 0 Å². The van der Waals surface area contributed by atoms with Crippen LogP contribution in [-0.2, 0) is 10.2 Å². The molecule has 0 radical (unpaired) electrons. The molecule has 1 aromatic heterocycles. The van der Waals surface area contributed by atoms with E-state index < -0.39 is 0 Å². The van der Waals surface area contributed by atoms with Gasteiger partial charge >= 0.3 is 0 Å². The Morgan fingerprint density at radius 3 is 2.61 bits per heavy atom. The third kappa shape index (κ3) is 3.26. The molecule has 2 nitrogen and oxygen atoms in total. The number of ketones is 1. The van der Waals surface area contributed by atoms with Crippen molar-refractivity contribution in [3.05, 3.63) is 119 Å². The number of carbonyl (C=O) groups excluding carboxylic acids is 1. The number of hydrogen-bond acceptors (Lipinski definition) is 2. The largest absolute Gasteiger partial charge is 0.299 e. The number of allylic oxidation sites excluding steroid dienone is 4. The maximum Gasteiger partial charge on any atom is 0.141 e. The minimum Gasteiger partial charge on any atom is -0.299 e. The zero-order chi connectivity index (χ0) is 21.4. The number of pyridine rings is 1. The van der Waals surface area contributed by atoms with Crippen LogP contribution in [-0.4, -0.2) is 10.8 Å². The normalized spacial score (nSPS) is 22.0. The minimum absolute atomic E-state index is 0.214. The van der Waals surface area contributed by atoms with Crippen LogP contribution in [0.1, 0.15) is 48.1 Å². The number of benzene rings is 2. The van der Waals surface area contributed by atoms with E-state index in [1.807, 2.05) is 37.3 Å². The number of rotatable bonds is 6. The quantitative estimate of drug-likeness (QED) is 0.436. The molecule has 0 aliphatic heterocycles. The molecule has 0 bridgehead atoms. The third-order valence-corrected chi connectivity index (χ3v) is 7.16. The molecule has 0 fully saturated rings. The van der Waals surface area contributed by atoms with Gasteiger partial charge in [-0.05, 0) is 59.9 Å². The van der Waals surface area contributed by atoms with Gasteiger partial charge in [0.15, 0.2) is 0 Å². The van der Waals surface area contributed by atoms with Crippen LogP contribution in [0.3, 0.4) is 0 Å². The Morgan fingerprint density at radius 1 is 1.06 bits per heavy atom. The molecule has 154 valence electrons. The van der Waals surface area contributed by atoms with Crippen LogP contribution in [0.2, 0.25) is 5.02 Å². The van der Waals surface area contributed by atoms with Gasteiger partial charge in [0.2, 0.25) is 0 Å². The van der Waals surface area contributed by atoms with E-state index in [-0.39, 0.29) is 23.0 Å². The summed E-state index contributed by atoms with van der Waals surface area (Å²) in [7, 11) is 0. The zero-order valence-corrected chi connectivity index (χ0v) is 18.2. The van der Waals surface area contributed by atoms with E-state index in [0.29, 0.717) is 6.42 Å². The molecular formula is C28H24ClNO. The summed E-state index contributed by atoms with van der Waals surface area (Å²) in [5.74, 6) is 0.238. The van der Waals surface area contributed by atoms with E-state index in [4.69, 9.17) is 11.6 Å². The van der Waals surface area contributed by atoms with Crippen LogP contribution in [0.4, 0.5) is 0 Å². The lowest BCUT2D eigenvalue weighted by Gasteiger charge is -2.36. The highest BCUT2D eigenvalue weighted by Gasteiger charge is 2.50. The summed E-state index contributed by atoms with van der Waals surface area (Å²) in [6, 6.07) is 22.6. The minimum atomic E-state index is -0.278. The van der Waals surface area contributed by atoms with Crippen LogP contribution in [0.25, 0.3) is 5.57 Å². The predicted octanol–water partition coefficient (Wildman–Crippen LogP) is 6.76. The molecule has 2 aliphatic rings. The molecule has 3 heteroatoms. The molecule has 0 N–H and O–H groups in total. The zero-order valence-electron chi connectivity index (χ0n) is 17.5. The number of hydrogen-bond donors (Lipinski definition) is 0. The molecule has 1 heterocycles. The Balaban J connectivity index is 1.55. The van der Waals surface area contributed by atoms with Gasteiger partial charge in [0, 0.05) is 29.0 Å². The third-order valence-electron chi connectivity index (χ3n) is 6.90. The first kappa shape index (κ1) is 20.0. The van der Waals surface area contributed by atoms with Crippen LogP contribution in [0.15, 0.2) is 91.2 Å². The number of carbonyl (C=O) groups is 1. The second-order valence-corrected chi connectivity index (χ2v) is 8.89. The summed E-state index contributed by atoms with van der Waals surface area (Å²) in [6.45, 7) is 1.96. The fourth-order valence-electron chi connectivity index (χ4n) is 5.31. The van der Waals surface area contributed by atoms with Crippen molar-refractivity contribution < 1.29 is 4.79 Å². The molecule has 5 rings (SSSR count). The van der Waals surface area contributed by atoms with E-state index in [9.17, 15) is 4.79 Å². The van der Waals surface area contributed by atoms with Gasteiger partial charge in [-0.1, -0.05) is 72.3 Å². The average Bonchev–Trinajstić information content (AvgIpc) is 3.39. The van der Waals surface area contributed by atoms with Crippen molar-refractivity contribution >= 4 is 23.0 Å². The van der Waals surface area contributed by atoms with Crippen LogP contribution < -0.4 is 0 Å². The number of halogens is 1. The number of fused-ring (bicyclic) bond motifs is 3. The Kier molecular flexibility index (Phi) is 5.11. The fraction of sp³-hybridized carbons (Fsp3) is 0.214. The molecule has 3 unspecified atom stereocenters. The summed E-state index contributed by atoms with van der Waals surface area (Å²) in [4.78, 5) is 17.6. The van der Waals surface area contributed by atoms with Gasteiger partial charge in [-0.3, -0.25) is 9.78 Å². The first-order valence-electron chi connectivity index (χ1n) is 10.8. The SMILES string of the molecule is CC(C(=O)CCC1(c2ccc(Cl)cc2)c2ccccc2C2=CC=CC21)c1ccccn1. The smallest absolute Gasteiger partial charge is 0.141 e. The maximum atomic E-state index is 13.2. The van der Waals surface area contributed by atoms with Gasteiger partial charge in [-0.15, -0.1) is 0 Å². The van der Waals surface area contributed by atoms with Gasteiger partial charge in [-0.2, -0.15) is 0 Å². The first-order chi connectivity index (χ1) is 15.1. The molecule has 3 atom stereocenters. The van der Waals surface area contributed by atoms with E-state index >= 15 is 0 Å². The highest BCUT2D eigenvalue weighted by molar-refractivity contribution is 6.30. The van der Waals surface area contributed by atoms with Crippen molar-refractivity contribution in [1.29, 1.82) is 0 Å². The lowest BCUT2D eigenvalue weighted by atomic mass is 9.66. The van der Waals surface area contributed by atoms with E-state index in [0.717, 1.165) is 17.1 Å². The summed E-state index contributed by atoms with van der Waals surface area (Å²) < 4.78 is 0. The predicted molar refractivity (Wildman–Crippen MR) is 126 cm³/mol. The topological polar surface area (TPSA) is 30.0 Å².